The number of rotatable bonds is 7. The summed E-state index contributed by atoms with van der Waals surface area (Å²) in [6, 6.07) is 14.6. The summed E-state index contributed by atoms with van der Waals surface area (Å²) >= 11 is 0. The lowest BCUT2D eigenvalue weighted by Crippen LogP contribution is -2.36. The van der Waals surface area contributed by atoms with Crippen molar-refractivity contribution in [3.8, 4) is 0 Å². The van der Waals surface area contributed by atoms with Gasteiger partial charge in [-0.1, -0.05) is 24.3 Å². The third kappa shape index (κ3) is 7.72. The fourth-order valence-electron chi connectivity index (χ4n) is 2.54. The van der Waals surface area contributed by atoms with Crippen LogP contribution < -0.4 is 16.4 Å². The third-order valence-corrected chi connectivity index (χ3v) is 4.04. The number of carbonyl (C=O) groups excluding carboxylic acids is 2. The Balaban J connectivity index is 0.00000420. The summed E-state index contributed by atoms with van der Waals surface area (Å²) in [6.07, 6.45) is 0. The quantitative estimate of drug-likeness (QED) is 0.303. The predicted molar refractivity (Wildman–Crippen MR) is 126 cm³/mol. The Hall–Kier alpha value is -2.62. The number of halogens is 1. The number of nitrogens with two attached hydrogens (primary N) is 1. The molecule has 4 N–H and O–H groups in total. The molecular weight excluding hydrogens is 481 g/mol. The van der Waals surface area contributed by atoms with E-state index in [9.17, 15) is 9.59 Å². The van der Waals surface area contributed by atoms with Gasteiger partial charge in [0.2, 0.25) is 5.91 Å². The number of benzene rings is 2. The van der Waals surface area contributed by atoms with E-state index in [-0.39, 0.29) is 29.9 Å². The smallest absolute Gasteiger partial charge is 0.253 e. The van der Waals surface area contributed by atoms with Crippen molar-refractivity contribution in [2.45, 2.75) is 20.0 Å². The van der Waals surface area contributed by atoms with E-state index in [4.69, 9.17) is 5.73 Å². The molecule has 2 amide bonds. The van der Waals surface area contributed by atoms with Gasteiger partial charge in [-0.3, -0.25) is 9.59 Å². The molecule has 0 bridgehead atoms. The van der Waals surface area contributed by atoms with E-state index in [1.807, 2.05) is 37.3 Å². The molecule has 0 aliphatic carbocycles. The van der Waals surface area contributed by atoms with Crippen LogP contribution in [-0.2, 0) is 13.1 Å². The van der Waals surface area contributed by atoms with E-state index in [2.05, 4.69) is 15.6 Å². The normalized spacial score (nSPS) is 10.7. The number of aliphatic imine (C=N–C) groups is 1. The zero-order valence-corrected chi connectivity index (χ0v) is 19.3. The van der Waals surface area contributed by atoms with Crippen molar-refractivity contribution < 1.29 is 9.59 Å². The molecule has 2 aromatic carbocycles. The molecule has 0 aromatic heterocycles. The minimum absolute atomic E-state index is 0. The van der Waals surface area contributed by atoms with Gasteiger partial charge >= 0.3 is 0 Å². The van der Waals surface area contributed by atoms with Gasteiger partial charge in [0.15, 0.2) is 5.96 Å². The highest BCUT2D eigenvalue weighted by Gasteiger charge is 2.07. The van der Waals surface area contributed by atoms with Crippen molar-refractivity contribution in [2.24, 2.45) is 10.7 Å². The Bertz CT molecular complexity index is 850. The van der Waals surface area contributed by atoms with Crippen LogP contribution in [0.5, 0.6) is 0 Å². The molecule has 0 spiro atoms. The van der Waals surface area contributed by atoms with Crippen LogP contribution in [0.4, 0.5) is 0 Å². The monoisotopic (exact) mass is 509 g/mol. The first-order valence-electron chi connectivity index (χ1n) is 9.12. The number of nitrogens with one attached hydrogen (secondary N) is 2. The molecule has 8 heteroatoms. The lowest BCUT2D eigenvalue weighted by molar-refractivity contribution is 0.0827. The second-order valence-corrected chi connectivity index (χ2v) is 6.51. The summed E-state index contributed by atoms with van der Waals surface area (Å²) in [6.45, 7) is 3.71. The summed E-state index contributed by atoms with van der Waals surface area (Å²) in [5.74, 6) is 0.195. The van der Waals surface area contributed by atoms with Gasteiger partial charge in [-0.2, -0.15) is 0 Å². The standard InChI is InChI=1S/C21H27N5O2.HI/c1-4-23-21(25-14-16-6-5-7-18(12-16)19(22)27)24-13-15-8-10-17(11-9-15)20(28)26(2)3;/h5-12H,4,13-14H2,1-3H3,(H2,22,27)(H2,23,24,25);1H. The minimum atomic E-state index is -0.452. The van der Waals surface area contributed by atoms with Gasteiger partial charge in [0.25, 0.3) is 5.91 Å². The second kappa shape index (κ2) is 12.1. The van der Waals surface area contributed by atoms with Crippen LogP contribution in [0, 0.1) is 0 Å². The Morgan fingerprint density at radius 2 is 1.69 bits per heavy atom. The zero-order chi connectivity index (χ0) is 20.5. The fraction of sp³-hybridized carbons (Fsp3) is 0.286. The molecule has 0 heterocycles. The summed E-state index contributed by atoms with van der Waals surface area (Å²) in [5.41, 5.74) is 8.39. The first kappa shape index (κ1) is 24.4. The van der Waals surface area contributed by atoms with Crippen molar-refractivity contribution in [3.05, 3.63) is 70.8 Å². The molecule has 2 rings (SSSR count). The molecule has 156 valence electrons. The van der Waals surface area contributed by atoms with Gasteiger partial charge in [-0.05, 0) is 42.3 Å². The number of guanidine groups is 1. The van der Waals surface area contributed by atoms with Crippen molar-refractivity contribution in [2.75, 3.05) is 20.6 Å². The number of hydrogen-bond acceptors (Lipinski definition) is 3. The van der Waals surface area contributed by atoms with Crippen LogP contribution >= 0.6 is 24.0 Å². The number of primary amides is 1. The van der Waals surface area contributed by atoms with E-state index in [1.165, 1.54) is 0 Å². The Morgan fingerprint density at radius 3 is 2.28 bits per heavy atom. The first-order valence-corrected chi connectivity index (χ1v) is 9.12. The summed E-state index contributed by atoms with van der Waals surface area (Å²) in [7, 11) is 3.46. The maximum Gasteiger partial charge on any atom is 0.253 e. The van der Waals surface area contributed by atoms with Gasteiger partial charge < -0.3 is 21.3 Å². The molecule has 0 radical (unpaired) electrons. The lowest BCUT2D eigenvalue weighted by Gasteiger charge is -2.13. The van der Waals surface area contributed by atoms with Crippen LogP contribution in [0.2, 0.25) is 0 Å². The van der Waals surface area contributed by atoms with Crippen molar-refractivity contribution in [3.63, 3.8) is 0 Å². The molecule has 0 aliphatic rings. The minimum Gasteiger partial charge on any atom is -0.366 e. The first-order chi connectivity index (χ1) is 13.4. The van der Waals surface area contributed by atoms with E-state index < -0.39 is 5.91 Å². The van der Waals surface area contributed by atoms with Gasteiger partial charge in [-0.15, -0.1) is 24.0 Å². The van der Waals surface area contributed by atoms with Crippen molar-refractivity contribution >= 4 is 41.8 Å². The Morgan fingerprint density at radius 1 is 1.00 bits per heavy atom. The van der Waals surface area contributed by atoms with E-state index in [0.29, 0.717) is 30.2 Å². The van der Waals surface area contributed by atoms with Crippen LogP contribution in [0.25, 0.3) is 0 Å². The van der Waals surface area contributed by atoms with E-state index in [0.717, 1.165) is 17.7 Å². The van der Waals surface area contributed by atoms with Gasteiger partial charge in [0, 0.05) is 38.3 Å². The number of nitrogens with zero attached hydrogens (tertiary/aromatic N) is 2. The lowest BCUT2D eigenvalue weighted by atomic mass is 10.1. The Labute approximate surface area is 188 Å². The SMILES string of the molecule is CCNC(=NCc1cccc(C(N)=O)c1)NCc1ccc(C(=O)N(C)C)cc1.I. The van der Waals surface area contributed by atoms with E-state index >= 15 is 0 Å². The maximum absolute atomic E-state index is 11.9. The highest BCUT2D eigenvalue weighted by atomic mass is 127. The topological polar surface area (TPSA) is 99.8 Å². The molecular formula is C21H28IN5O2. The second-order valence-electron chi connectivity index (χ2n) is 6.51. The Kier molecular flexibility index (Phi) is 10.1. The molecule has 29 heavy (non-hydrogen) atoms. The number of carbonyl (C=O) groups is 2. The summed E-state index contributed by atoms with van der Waals surface area (Å²) in [4.78, 5) is 29.3. The van der Waals surface area contributed by atoms with Crippen molar-refractivity contribution in [1.82, 2.24) is 15.5 Å². The van der Waals surface area contributed by atoms with Crippen molar-refractivity contribution in [1.29, 1.82) is 0 Å². The maximum atomic E-state index is 11.9. The molecule has 7 nitrogen and oxygen atoms in total. The highest BCUT2D eigenvalue weighted by molar-refractivity contribution is 14.0. The average Bonchev–Trinajstić information content (AvgIpc) is 2.70. The molecule has 0 aliphatic heterocycles. The summed E-state index contributed by atoms with van der Waals surface area (Å²) in [5, 5.41) is 6.46. The van der Waals surface area contributed by atoms with Crippen LogP contribution in [0.1, 0.15) is 38.8 Å². The highest BCUT2D eigenvalue weighted by Crippen LogP contribution is 2.07. The molecule has 0 fully saturated rings. The number of amides is 2. The largest absolute Gasteiger partial charge is 0.366 e. The van der Waals surface area contributed by atoms with Crippen LogP contribution in [0.3, 0.4) is 0 Å². The van der Waals surface area contributed by atoms with Gasteiger partial charge in [0.05, 0.1) is 6.54 Å². The predicted octanol–water partition coefficient (Wildman–Crippen LogP) is 2.36. The molecule has 2 aromatic rings. The van der Waals surface area contributed by atoms with Crippen LogP contribution in [-0.4, -0.2) is 43.3 Å². The van der Waals surface area contributed by atoms with Crippen LogP contribution in [0.15, 0.2) is 53.5 Å². The zero-order valence-electron chi connectivity index (χ0n) is 16.9. The average molecular weight is 509 g/mol. The molecule has 0 saturated carbocycles. The van der Waals surface area contributed by atoms with E-state index in [1.54, 1.807) is 37.2 Å². The summed E-state index contributed by atoms with van der Waals surface area (Å²) < 4.78 is 0. The van der Waals surface area contributed by atoms with Gasteiger partial charge in [-0.25, -0.2) is 4.99 Å². The number of hydrogen-bond donors (Lipinski definition) is 3. The fourth-order valence-corrected chi connectivity index (χ4v) is 2.54. The molecule has 0 atom stereocenters. The molecule has 0 unspecified atom stereocenters. The molecule has 0 saturated heterocycles. The van der Waals surface area contributed by atoms with Gasteiger partial charge in [0.1, 0.15) is 0 Å². The third-order valence-electron chi connectivity index (χ3n) is 4.04.